The fourth-order valence-electron chi connectivity index (χ4n) is 1.93. The first-order chi connectivity index (χ1) is 7.66. The van der Waals surface area contributed by atoms with Crippen LogP contribution in [0.5, 0.6) is 5.75 Å². The average Bonchev–Trinajstić information content (AvgIpc) is 2.26. The quantitative estimate of drug-likeness (QED) is 0.814. The zero-order valence-electron chi connectivity index (χ0n) is 9.90. The Morgan fingerprint density at radius 2 is 1.94 bits per heavy atom. The molecule has 0 saturated heterocycles. The Kier molecular flexibility index (Phi) is 3.14. The van der Waals surface area contributed by atoms with Gasteiger partial charge in [-0.2, -0.15) is 0 Å². The third kappa shape index (κ3) is 2.35. The molecule has 2 aromatic carbocycles. The van der Waals surface area contributed by atoms with Gasteiger partial charge in [-0.25, -0.2) is 0 Å². The lowest BCUT2D eigenvalue weighted by molar-refractivity contribution is 0.481. The predicted octanol–water partition coefficient (Wildman–Crippen LogP) is 4.13. The molecule has 2 aromatic rings. The predicted molar refractivity (Wildman–Crippen MR) is 68.8 cm³/mol. The summed E-state index contributed by atoms with van der Waals surface area (Å²) in [4.78, 5) is 0. The molecule has 1 nitrogen and oxygen atoms in total. The molecular formula is C15H18O. The van der Waals surface area contributed by atoms with E-state index in [0.29, 0.717) is 5.75 Å². The van der Waals surface area contributed by atoms with Crippen LogP contribution in [-0.2, 0) is 6.42 Å². The molecule has 0 aliphatic rings. The molecule has 0 spiro atoms. The van der Waals surface area contributed by atoms with Gasteiger partial charge >= 0.3 is 0 Å². The van der Waals surface area contributed by atoms with E-state index < -0.39 is 0 Å². The molecule has 2 rings (SSSR count). The molecule has 16 heavy (non-hydrogen) atoms. The van der Waals surface area contributed by atoms with Crippen molar-refractivity contribution in [2.45, 2.75) is 26.7 Å². The summed E-state index contributed by atoms with van der Waals surface area (Å²) in [6, 6.07) is 12.0. The van der Waals surface area contributed by atoms with Gasteiger partial charge < -0.3 is 5.11 Å². The van der Waals surface area contributed by atoms with Crippen LogP contribution < -0.4 is 0 Å². The summed E-state index contributed by atoms with van der Waals surface area (Å²) in [5, 5.41) is 11.7. The van der Waals surface area contributed by atoms with Crippen LogP contribution in [0.3, 0.4) is 0 Å². The van der Waals surface area contributed by atoms with Crippen molar-refractivity contribution in [2.24, 2.45) is 5.92 Å². The number of benzene rings is 2. The number of aromatic hydroxyl groups is 1. The van der Waals surface area contributed by atoms with Gasteiger partial charge in [-0.3, -0.25) is 0 Å². The van der Waals surface area contributed by atoms with Crippen LogP contribution in [0.15, 0.2) is 36.4 Å². The van der Waals surface area contributed by atoms with Gasteiger partial charge in [-0.1, -0.05) is 44.2 Å². The normalized spacial score (nSPS) is 11.2. The summed E-state index contributed by atoms with van der Waals surface area (Å²) in [6.45, 7) is 4.49. The fraction of sp³-hybridized carbons (Fsp3) is 0.333. The number of phenolic OH excluding ortho intramolecular Hbond substituents is 1. The van der Waals surface area contributed by atoms with Crippen molar-refractivity contribution in [3.8, 4) is 5.75 Å². The van der Waals surface area contributed by atoms with E-state index in [1.54, 1.807) is 6.07 Å². The highest BCUT2D eigenvalue weighted by Crippen LogP contribution is 2.25. The van der Waals surface area contributed by atoms with Crippen LogP contribution in [0.25, 0.3) is 10.8 Å². The lowest BCUT2D eigenvalue weighted by Gasteiger charge is -2.07. The van der Waals surface area contributed by atoms with E-state index in [1.165, 1.54) is 12.0 Å². The fourth-order valence-corrected chi connectivity index (χ4v) is 1.93. The molecule has 0 bridgehead atoms. The number of rotatable bonds is 3. The third-order valence-corrected chi connectivity index (χ3v) is 2.93. The van der Waals surface area contributed by atoms with Crippen molar-refractivity contribution >= 4 is 10.8 Å². The second-order valence-corrected chi connectivity index (χ2v) is 4.77. The lowest BCUT2D eigenvalue weighted by Crippen LogP contribution is -1.91. The van der Waals surface area contributed by atoms with Crippen LogP contribution in [0.4, 0.5) is 0 Å². The van der Waals surface area contributed by atoms with Crippen molar-refractivity contribution in [1.82, 2.24) is 0 Å². The molecule has 0 aliphatic heterocycles. The number of aryl methyl sites for hydroxylation is 1. The number of phenols is 1. The number of hydrogen-bond acceptors (Lipinski definition) is 1. The van der Waals surface area contributed by atoms with Crippen LogP contribution >= 0.6 is 0 Å². The van der Waals surface area contributed by atoms with Gasteiger partial charge in [0.25, 0.3) is 0 Å². The molecular weight excluding hydrogens is 196 g/mol. The van der Waals surface area contributed by atoms with Crippen molar-refractivity contribution in [3.63, 3.8) is 0 Å². The lowest BCUT2D eigenvalue weighted by atomic mass is 10.00. The van der Waals surface area contributed by atoms with Crippen molar-refractivity contribution < 1.29 is 5.11 Å². The third-order valence-electron chi connectivity index (χ3n) is 2.93. The SMILES string of the molecule is CC(C)CCc1ccc2c(O)cccc2c1. The first kappa shape index (κ1) is 11.0. The van der Waals surface area contributed by atoms with E-state index in [9.17, 15) is 5.11 Å². The summed E-state index contributed by atoms with van der Waals surface area (Å²) < 4.78 is 0. The summed E-state index contributed by atoms with van der Waals surface area (Å²) in [7, 11) is 0. The Morgan fingerprint density at radius 3 is 2.69 bits per heavy atom. The number of hydrogen-bond donors (Lipinski definition) is 1. The molecule has 84 valence electrons. The maximum absolute atomic E-state index is 9.68. The highest BCUT2D eigenvalue weighted by molar-refractivity contribution is 5.88. The van der Waals surface area contributed by atoms with Crippen molar-refractivity contribution in [3.05, 3.63) is 42.0 Å². The minimum atomic E-state index is 0.368. The minimum Gasteiger partial charge on any atom is -0.507 e. The monoisotopic (exact) mass is 214 g/mol. The molecule has 1 heteroatoms. The highest BCUT2D eigenvalue weighted by Gasteiger charge is 2.01. The smallest absolute Gasteiger partial charge is 0.123 e. The van der Waals surface area contributed by atoms with E-state index in [0.717, 1.165) is 23.1 Å². The average molecular weight is 214 g/mol. The summed E-state index contributed by atoms with van der Waals surface area (Å²) in [5.41, 5.74) is 1.35. The molecule has 0 unspecified atom stereocenters. The summed E-state index contributed by atoms with van der Waals surface area (Å²) >= 11 is 0. The highest BCUT2D eigenvalue weighted by atomic mass is 16.3. The molecule has 0 radical (unpaired) electrons. The van der Waals surface area contributed by atoms with Gasteiger partial charge in [0, 0.05) is 5.39 Å². The van der Waals surface area contributed by atoms with Crippen LogP contribution in [0.2, 0.25) is 0 Å². The van der Waals surface area contributed by atoms with Gasteiger partial charge in [-0.15, -0.1) is 0 Å². The second-order valence-electron chi connectivity index (χ2n) is 4.77. The van der Waals surface area contributed by atoms with Gasteiger partial charge in [0.2, 0.25) is 0 Å². The molecule has 0 heterocycles. The van der Waals surface area contributed by atoms with E-state index in [-0.39, 0.29) is 0 Å². The Morgan fingerprint density at radius 1 is 1.12 bits per heavy atom. The second kappa shape index (κ2) is 4.56. The maximum atomic E-state index is 9.68. The van der Waals surface area contributed by atoms with Crippen LogP contribution in [0, 0.1) is 5.92 Å². The Balaban J connectivity index is 2.30. The van der Waals surface area contributed by atoms with Crippen molar-refractivity contribution in [2.75, 3.05) is 0 Å². The summed E-state index contributed by atoms with van der Waals surface area (Å²) in [5.74, 6) is 1.10. The van der Waals surface area contributed by atoms with Gasteiger partial charge in [-0.05, 0) is 35.8 Å². The Labute approximate surface area is 96.7 Å². The standard InChI is InChI=1S/C15H18O/c1-11(2)6-7-12-8-9-14-13(10-12)4-3-5-15(14)16/h3-5,8-11,16H,6-7H2,1-2H3. The summed E-state index contributed by atoms with van der Waals surface area (Å²) in [6.07, 6.45) is 2.33. The van der Waals surface area contributed by atoms with E-state index >= 15 is 0 Å². The minimum absolute atomic E-state index is 0.368. The Hall–Kier alpha value is -1.50. The van der Waals surface area contributed by atoms with E-state index in [1.807, 2.05) is 18.2 Å². The number of fused-ring (bicyclic) bond motifs is 1. The van der Waals surface area contributed by atoms with E-state index in [2.05, 4.69) is 26.0 Å². The van der Waals surface area contributed by atoms with Gasteiger partial charge in [0.05, 0.1) is 0 Å². The molecule has 0 aliphatic carbocycles. The van der Waals surface area contributed by atoms with Crippen LogP contribution in [0.1, 0.15) is 25.8 Å². The van der Waals surface area contributed by atoms with Crippen LogP contribution in [-0.4, -0.2) is 5.11 Å². The first-order valence-corrected chi connectivity index (χ1v) is 5.87. The zero-order valence-corrected chi connectivity index (χ0v) is 9.90. The molecule has 0 atom stereocenters. The molecule has 1 N–H and O–H groups in total. The maximum Gasteiger partial charge on any atom is 0.123 e. The van der Waals surface area contributed by atoms with E-state index in [4.69, 9.17) is 0 Å². The molecule has 0 saturated carbocycles. The Bertz CT molecular complexity index is 486. The largest absolute Gasteiger partial charge is 0.507 e. The molecule has 0 fully saturated rings. The molecule has 0 amide bonds. The topological polar surface area (TPSA) is 20.2 Å². The molecule has 0 aromatic heterocycles. The van der Waals surface area contributed by atoms with Crippen molar-refractivity contribution in [1.29, 1.82) is 0 Å². The van der Waals surface area contributed by atoms with Gasteiger partial charge in [0.1, 0.15) is 5.75 Å². The van der Waals surface area contributed by atoms with Gasteiger partial charge in [0.15, 0.2) is 0 Å². The zero-order chi connectivity index (χ0) is 11.5. The first-order valence-electron chi connectivity index (χ1n) is 5.87.